The molecule has 1 aliphatic rings. The first-order valence-electron chi connectivity index (χ1n) is 9.43. The van der Waals surface area contributed by atoms with Gasteiger partial charge in [0.1, 0.15) is 53.5 Å². The SMILES string of the molecule is O=c1c(O)c(-c2ccc(O)c(O)c2)oc2cc(O)cc(O)c12.OC[C@H]1O[CH][C@H](O)[C@@H](O)[C@@H]1O. The van der Waals surface area contributed by atoms with Crippen molar-refractivity contribution in [1.82, 2.24) is 0 Å². The van der Waals surface area contributed by atoms with E-state index in [1.807, 2.05) is 0 Å². The second-order valence-electron chi connectivity index (χ2n) is 7.12. The van der Waals surface area contributed by atoms with Crippen molar-refractivity contribution in [2.24, 2.45) is 0 Å². The highest BCUT2D eigenvalue weighted by atomic mass is 16.5. The van der Waals surface area contributed by atoms with Gasteiger partial charge in [-0.2, -0.15) is 0 Å². The first-order valence-corrected chi connectivity index (χ1v) is 9.43. The Morgan fingerprint density at radius 3 is 2.18 bits per heavy atom. The van der Waals surface area contributed by atoms with Crippen LogP contribution >= 0.6 is 0 Å². The number of benzene rings is 2. The van der Waals surface area contributed by atoms with Crippen LogP contribution in [0.1, 0.15) is 0 Å². The fourth-order valence-corrected chi connectivity index (χ4v) is 3.05. The summed E-state index contributed by atoms with van der Waals surface area (Å²) in [5.74, 6) is -2.71. The molecule has 4 rings (SSSR count). The van der Waals surface area contributed by atoms with Crippen LogP contribution in [0.25, 0.3) is 22.3 Å². The molecule has 0 saturated carbocycles. The molecular weight excluding hydrogens is 444 g/mol. The molecule has 1 radical (unpaired) electrons. The summed E-state index contributed by atoms with van der Waals surface area (Å²) >= 11 is 0. The molecule has 33 heavy (non-hydrogen) atoms. The Hall–Kier alpha value is -3.55. The molecule has 1 aliphatic heterocycles. The first kappa shape index (κ1) is 24.1. The summed E-state index contributed by atoms with van der Waals surface area (Å²) in [5, 5.41) is 83.2. The average Bonchev–Trinajstić information content (AvgIpc) is 2.76. The monoisotopic (exact) mass is 465 g/mol. The Bertz CT molecular complexity index is 1200. The lowest BCUT2D eigenvalue weighted by atomic mass is 10.0. The Balaban J connectivity index is 0.000000235. The van der Waals surface area contributed by atoms with Crippen LogP contribution in [0.5, 0.6) is 28.7 Å². The van der Waals surface area contributed by atoms with E-state index in [2.05, 4.69) is 4.74 Å². The van der Waals surface area contributed by atoms with Crippen molar-refractivity contribution in [3.63, 3.8) is 0 Å². The Morgan fingerprint density at radius 2 is 1.55 bits per heavy atom. The van der Waals surface area contributed by atoms with E-state index in [4.69, 9.17) is 24.8 Å². The van der Waals surface area contributed by atoms with Crippen molar-refractivity contribution in [3.05, 3.63) is 47.2 Å². The number of aliphatic hydroxyl groups is 4. The van der Waals surface area contributed by atoms with Crippen molar-refractivity contribution in [3.8, 4) is 40.1 Å². The maximum absolute atomic E-state index is 12.1. The number of phenolic OH excluding ortho intramolecular Hbond substituents is 4. The van der Waals surface area contributed by atoms with Crippen LogP contribution in [0.4, 0.5) is 0 Å². The molecule has 1 fully saturated rings. The van der Waals surface area contributed by atoms with Gasteiger partial charge in [-0.05, 0) is 18.2 Å². The number of fused-ring (bicyclic) bond motifs is 1. The topological polar surface area (TPSA) is 222 Å². The zero-order valence-electron chi connectivity index (χ0n) is 16.7. The number of aromatic hydroxyl groups is 5. The second-order valence-corrected chi connectivity index (χ2v) is 7.12. The van der Waals surface area contributed by atoms with Gasteiger partial charge in [-0.25, -0.2) is 0 Å². The predicted molar refractivity (Wildman–Crippen MR) is 111 cm³/mol. The molecule has 0 bridgehead atoms. The zero-order chi connectivity index (χ0) is 24.4. The van der Waals surface area contributed by atoms with Crippen LogP contribution in [-0.4, -0.2) is 77.0 Å². The number of hydrogen-bond acceptors (Lipinski definition) is 12. The van der Waals surface area contributed by atoms with Crippen LogP contribution in [0.2, 0.25) is 0 Å². The van der Waals surface area contributed by atoms with Crippen molar-refractivity contribution in [2.45, 2.75) is 24.4 Å². The summed E-state index contributed by atoms with van der Waals surface area (Å²) in [6.07, 6.45) is -4.54. The van der Waals surface area contributed by atoms with E-state index in [-0.39, 0.29) is 40.4 Å². The fourth-order valence-electron chi connectivity index (χ4n) is 3.05. The van der Waals surface area contributed by atoms with E-state index in [0.29, 0.717) is 0 Å². The lowest BCUT2D eigenvalue weighted by molar-refractivity contribution is -0.169. The average molecular weight is 465 g/mol. The van der Waals surface area contributed by atoms with Crippen LogP contribution in [0.3, 0.4) is 0 Å². The molecule has 4 atom stereocenters. The van der Waals surface area contributed by atoms with Crippen molar-refractivity contribution >= 4 is 11.0 Å². The Kier molecular flexibility index (Phi) is 6.95. The van der Waals surface area contributed by atoms with Gasteiger partial charge in [0.05, 0.1) is 6.61 Å². The van der Waals surface area contributed by atoms with Crippen molar-refractivity contribution in [1.29, 1.82) is 0 Å². The number of ether oxygens (including phenoxy) is 1. The molecule has 0 amide bonds. The molecule has 12 nitrogen and oxygen atoms in total. The van der Waals surface area contributed by atoms with E-state index >= 15 is 0 Å². The van der Waals surface area contributed by atoms with Gasteiger partial charge in [0, 0.05) is 17.7 Å². The van der Waals surface area contributed by atoms with E-state index in [9.17, 15) is 30.3 Å². The first-order chi connectivity index (χ1) is 15.5. The second kappa shape index (κ2) is 9.52. The highest BCUT2D eigenvalue weighted by Gasteiger charge is 2.37. The molecule has 3 aromatic rings. The van der Waals surface area contributed by atoms with Crippen molar-refractivity contribution in [2.75, 3.05) is 6.61 Å². The zero-order valence-corrected chi connectivity index (χ0v) is 16.7. The maximum Gasteiger partial charge on any atom is 0.238 e. The predicted octanol–water partition coefficient (Wildman–Crippen LogP) is -0.390. The van der Waals surface area contributed by atoms with E-state index in [0.717, 1.165) is 30.9 Å². The lowest BCUT2D eigenvalue weighted by Crippen LogP contribution is -2.52. The highest BCUT2D eigenvalue weighted by Crippen LogP contribution is 2.37. The van der Waals surface area contributed by atoms with Crippen LogP contribution in [0, 0.1) is 6.61 Å². The molecule has 1 aromatic heterocycles. The van der Waals surface area contributed by atoms with E-state index < -0.39 is 47.1 Å². The molecule has 12 heteroatoms. The largest absolute Gasteiger partial charge is 0.508 e. The summed E-state index contributed by atoms with van der Waals surface area (Å²) in [6, 6.07) is 5.64. The smallest absolute Gasteiger partial charge is 0.238 e. The standard InChI is InChI=1S/C15H10O7.C6H11O5/c16-7-4-10(19)12-11(5-7)22-15(14(21)13(12)20)6-1-2-8(17)9(18)3-6;7-1-4-6(10)5(9)3(8)2-11-4/h1-5,16-19,21H;2-10H,1H2/t;3-,4+,5+,6+/m.0/s1. The van der Waals surface area contributed by atoms with E-state index in [1.54, 1.807) is 0 Å². The molecule has 0 unspecified atom stereocenters. The highest BCUT2D eigenvalue weighted by molar-refractivity contribution is 5.88. The maximum atomic E-state index is 12.1. The Morgan fingerprint density at radius 1 is 0.848 bits per heavy atom. The number of aliphatic hydroxyl groups excluding tert-OH is 4. The molecule has 2 heterocycles. The Labute approximate surface area is 185 Å². The molecule has 177 valence electrons. The molecule has 2 aromatic carbocycles. The third-order valence-corrected chi connectivity index (χ3v) is 4.83. The minimum absolute atomic E-state index is 0.134. The summed E-state index contributed by atoms with van der Waals surface area (Å²) in [6.45, 7) is 0.611. The normalized spacial score (nSPS) is 22.5. The van der Waals surface area contributed by atoms with Crippen LogP contribution < -0.4 is 5.43 Å². The molecule has 0 spiro atoms. The van der Waals surface area contributed by atoms with Gasteiger partial charge in [0.25, 0.3) is 0 Å². The summed E-state index contributed by atoms with van der Waals surface area (Å²) in [4.78, 5) is 12.1. The van der Waals surface area contributed by atoms with E-state index in [1.165, 1.54) is 6.07 Å². The quantitative estimate of drug-likeness (QED) is 0.221. The molecular formula is C21H21O12. The van der Waals surface area contributed by atoms with Crippen LogP contribution in [-0.2, 0) is 4.74 Å². The summed E-state index contributed by atoms with van der Waals surface area (Å²) < 4.78 is 10.0. The van der Waals surface area contributed by atoms with Gasteiger partial charge in [-0.1, -0.05) is 0 Å². The number of phenols is 4. The third kappa shape index (κ3) is 4.79. The van der Waals surface area contributed by atoms with Gasteiger partial charge in [-0.15, -0.1) is 0 Å². The van der Waals surface area contributed by atoms with Gasteiger partial charge in [-0.3, -0.25) is 4.79 Å². The number of rotatable bonds is 2. The van der Waals surface area contributed by atoms with Gasteiger partial charge >= 0.3 is 0 Å². The minimum atomic E-state index is -1.28. The van der Waals surface area contributed by atoms with Crippen molar-refractivity contribution < 1.29 is 55.1 Å². The van der Waals surface area contributed by atoms with Gasteiger partial charge in [0.2, 0.25) is 11.2 Å². The van der Waals surface area contributed by atoms with Gasteiger partial charge in [0.15, 0.2) is 17.3 Å². The third-order valence-electron chi connectivity index (χ3n) is 4.83. The summed E-state index contributed by atoms with van der Waals surface area (Å²) in [7, 11) is 0. The lowest BCUT2D eigenvalue weighted by Gasteiger charge is -2.33. The number of hydrogen-bond donors (Lipinski definition) is 9. The van der Waals surface area contributed by atoms with Gasteiger partial charge < -0.3 is 55.1 Å². The minimum Gasteiger partial charge on any atom is -0.508 e. The van der Waals surface area contributed by atoms with Crippen LogP contribution in [0.15, 0.2) is 39.5 Å². The molecule has 0 aliphatic carbocycles. The fraction of sp³-hybridized carbons (Fsp3) is 0.238. The summed E-state index contributed by atoms with van der Waals surface area (Å²) in [5.41, 5.74) is -0.890. The molecule has 1 saturated heterocycles. The molecule has 9 N–H and O–H groups in total.